The summed E-state index contributed by atoms with van der Waals surface area (Å²) in [6.45, 7) is 5.04. The smallest absolute Gasteiger partial charge is 0.343 e. The molecule has 0 aliphatic carbocycles. The third kappa shape index (κ3) is 11.0. The first-order valence-electron chi connectivity index (χ1n) is 14.7. The van der Waals surface area contributed by atoms with Gasteiger partial charge in [0, 0.05) is 18.0 Å². The molecule has 6 heteroatoms. The third-order valence-electron chi connectivity index (χ3n) is 6.77. The van der Waals surface area contributed by atoms with E-state index in [1.54, 1.807) is 30.3 Å². The number of nitrogens with zero attached hydrogens (tertiary/aromatic N) is 2. The fourth-order valence-electron chi connectivity index (χ4n) is 4.39. The van der Waals surface area contributed by atoms with Crippen LogP contribution in [0.4, 0.5) is 0 Å². The zero-order valence-corrected chi connectivity index (χ0v) is 24.3. The van der Waals surface area contributed by atoms with Crippen molar-refractivity contribution in [3.63, 3.8) is 0 Å². The molecule has 3 aromatic rings. The first-order chi connectivity index (χ1) is 19.1. The van der Waals surface area contributed by atoms with Crippen LogP contribution in [0.1, 0.15) is 107 Å². The van der Waals surface area contributed by atoms with Crippen molar-refractivity contribution in [3.8, 4) is 22.9 Å². The Morgan fingerprint density at radius 1 is 0.769 bits per heavy atom. The minimum absolute atomic E-state index is 0.373. The molecule has 0 radical (unpaired) electrons. The van der Waals surface area contributed by atoms with Crippen molar-refractivity contribution in [2.75, 3.05) is 6.61 Å². The largest absolute Gasteiger partial charge is 0.492 e. The highest BCUT2D eigenvalue weighted by Crippen LogP contribution is 2.27. The van der Waals surface area contributed by atoms with Gasteiger partial charge in [0.05, 0.1) is 17.2 Å². The van der Waals surface area contributed by atoms with E-state index in [2.05, 4.69) is 23.8 Å². The van der Waals surface area contributed by atoms with Gasteiger partial charge in [-0.3, -0.25) is 0 Å². The highest BCUT2D eigenvalue weighted by molar-refractivity contribution is 6.32. The molecule has 0 fully saturated rings. The molecular formula is C33H43ClN2O3. The molecule has 210 valence electrons. The zero-order valence-electron chi connectivity index (χ0n) is 23.6. The number of hydrogen-bond acceptors (Lipinski definition) is 5. The standard InChI is InChI=1S/C33H43ClN2O3/c1-3-5-7-9-10-11-12-13-15-26-24-35-32(36-25-26)27-16-19-29(20-17-27)39-33(37)28-18-21-31(30(34)23-28)38-22-14-8-6-4-2/h16-21,23-25H,3-15,22H2,1-2H3. The van der Waals surface area contributed by atoms with Crippen molar-refractivity contribution in [1.29, 1.82) is 0 Å². The van der Waals surface area contributed by atoms with Crippen molar-refractivity contribution in [2.24, 2.45) is 0 Å². The van der Waals surface area contributed by atoms with E-state index in [-0.39, 0.29) is 0 Å². The molecule has 2 aromatic carbocycles. The lowest BCUT2D eigenvalue weighted by Crippen LogP contribution is -2.08. The summed E-state index contributed by atoms with van der Waals surface area (Å²) >= 11 is 6.33. The number of unbranched alkanes of at least 4 members (excludes halogenated alkanes) is 10. The van der Waals surface area contributed by atoms with Crippen LogP contribution >= 0.6 is 11.6 Å². The molecule has 39 heavy (non-hydrogen) atoms. The number of carbonyl (C=O) groups excluding carboxylic acids is 1. The number of ether oxygens (including phenoxy) is 2. The minimum Gasteiger partial charge on any atom is -0.492 e. The van der Waals surface area contributed by atoms with Crippen molar-refractivity contribution < 1.29 is 14.3 Å². The van der Waals surface area contributed by atoms with E-state index >= 15 is 0 Å². The Labute approximate surface area is 239 Å². The van der Waals surface area contributed by atoms with Gasteiger partial charge in [-0.05, 0) is 67.3 Å². The number of aromatic nitrogens is 2. The normalized spacial score (nSPS) is 10.9. The molecule has 3 rings (SSSR count). The molecule has 0 unspecified atom stereocenters. The predicted molar refractivity (Wildman–Crippen MR) is 160 cm³/mol. The molecular weight excluding hydrogens is 508 g/mol. The zero-order chi connectivity index (χ0) is 27.7. The minimum atomic E-state index is -0.472. The number of carbonyl (C=O) groups is 1. The van der Waals surface area contributed by atoms with E-state index < -0.39 is 5.97 Å². The number of halogens is 1. The molecule has 0 saturated carbocycles. The second kappa shape index (κ2) is 17.6. The van der Waals surface area contributed by atoms with Crippen molar-refractivity contribution >= 4 is 17.6 Å². The number of aryl methyl sites for hydroxylation is 1. The molecule has 0 amide bonds. The molecule has 0 aliphatic heterocycles. The van der Waals surface area contributed by atoms with Gasteiger partial charge in [0.2, 0.25) is 0 Å². The SMILES string of the molecule is CCCCCCCCCCc1cnc(-c2ccc(OC(=O)c3ccc(OCCCCCC)c(Cl)c3)cc2)nc1. The van der Waals surface area contributed by atoms with Crippen LogP contribution in [0.3, 0.4) is 0 Å². The Morgan fingerprint density at radius 2 is 1.38 bits per heavy atom. The van der Waals surface area contributed by atoms with Crippen molar-refractivity contribution in [2.45, 2.75) is 97.3 Å². The van der Waals surface area contributed by atoms with Crippen LogP contribution in [-0.4, -0.2) is 22.5 Å². The Kier molecular flexibility index (Phi) is 13.8. The molecule has 0 N–H and O–H groups in total. The average Bonchev–Trinajstić information content (AvgIpc) is 2.96. The maximum Gasteiger partial charge on any atom is 0.343 e. The van der Waals surface area contributed by atoms with Crippen LogP contribution in [0.15, 0.2) is 54.9 Å². The second-order valence-corrected chi connectivity index (χ2v) is 10.5. The van der Waals surface area contributed by atoms with Crippen LogP contribution in [0.5, 0.6) is 11.5 Å². The number of benzene rings is 2. The highest BCUT2D eigenvalue weighted by Gasteiger charge is 2.13. The summed E-state index contributed by atoms with van der Waals surface area (Å²) in [6.07, 6.45) is 19.8. The van der Waals surface area contributed by atoms with Gasteiger partial charge < -0.3 is 9.47 Å². The van der Waals surface area contributed by atoms with Crippen LogP contribution < -0.4 is 9.47 Å². The molecule has 5 nitrogen and oxygen atoms in total. The highest BCUT2D eigenvalue weighted by atomic mass is 35.5. The third-order valence-corrected chi connectivity index (χ3v) is 7.07. The Balaban J connectivity index is 1.44. The van der Waals surface area contributed by atoms with E-state index in [0.29, 0.717) is 34.5 Å². The Hall–Kier alpha value is -2.92. The molecule has 1 aromatic heterocycles. The van der Waals surface area contributed by atoms with Crippen LogP contribution in [0.25, 0.3) is 11.4 Å². The van der Waals surface area contributed by atoms with E-state index in [4.69, 9.17) is 21.1 Å². The fraction of sp³-hybridized carbons (Fsp3) is 0.485. The van der Waals surface area contributed by atoms with Gasteiger partial charge in [-0.25, -0.2) is 14.8 Å². The number of esters is 1. The van der Waals surface area contributed by atoms with Crippen LogP contribution in [0, 0.1) is 0 Å². The summed E-state index contributed by atoms with van der Waals surface area (Å²) in [7, 11) is 0. The van der Waals surface area contributed by atoms with Gasteiger partial charge in [0.25, 0.3) is 0 Å². The van der Waals surface area contributed by atoms with Gasteiger partial charge in [0.15, 0.2) is 5.82 Å². The fourth-order valence-corrected chi connectivity index (χ4v) is 4.62. The predicted octanol–water partition coefficient (Wildman–Crippen LogP) is 9.66. The van der Waals surface area contributed by atoms with E-state index in [1.165, 1.54) is 69.8 Å². The average molecular weight is 551 g/mol. The summed E-state index contributed by atoms with van der Waals surface area (Å²) in [5.41, 5.74) is 2.41. The summed E-state index contributed by atoms with van der Waals surface area (Å²) in [5.74, 6) is 1.21. The lowest BCUT2D eigenvalue weighted by molar-refractivity contribution is 0.0734. The molecule has 0 aliphatic rings. The topological polar surface area (TPSA) is 61.3 Å². The van der Waals surface area contributed by atoms with Gasteiger partial charge in [0.1, 0.15) is 11.5 Å². The van der Waals surface area contributed by atoms with Gasteiger partial charge in [-0.1, -0.05) is 89.7 Å². The lowest BCUT2D eigenvalue weighted by Gasteiger charge is -2.10. The van der Waals surface area contributed by atoms with Gasteiger partial charge >= 0.3 is 5.97 Å². The first kappa shape index (κ1) is 30.6. The lowest BCUT2D eigenvalue weighted by atomic mass is 10.1. The summed E-state index contributed by atoms with van der Waals surface area (Å²) in [6, 6.07) is 12.2. The van der Waals surface area contributed by atoms with E-state index in [1.807, 2.05) is 24.5 Å². The quantitative estimate of drug-likeness (QED) is 0.0895. The number of hydrogen-bond donors (Lipinski definition) is 0. The van der Waals surface area contributed by atoms with E-state index in [0.717, 1.165) is 24.8 Å². The summed E-state index contributed by atoms with van der Waals surface area (Å²) in [5, 5.41) is 0.401. The Bertz CT molecular complexity index is 1120. The first-order valence-corrected chi connectivity index (χ1v) is 15.0. The van der Waals surface area contributed by atoms with Crippen molar-refractivity contribution in [1.82, 2.24) is 9.97 Å². The molecule has 0 saturated heterocycles. The second-order valence-electron chi connectivity index (χ2n) is 10.1. The van der Waals surface area contributed by atoms with Gasteiger partial charge in [-0.15, -0.1) is 0 Å². The van der Waals surface area contributed by atoms with Crippen LogP contribution in [0.2, 0.25) is 5.02 Å². The van der Waals surface area contributed by atoms with Crippen molar-refractivity contribution in [3.05, 3.63) is 71.0 Å². The molecule has 1 heterocycles. The molecule has 0 spiro atoms. The maximum absolute atomic E-state index is 12.6. The Morgan fingerprint density at radius 3 is 2.03 bits per heavy atom. The monoisotopic (exact) mass is 550 g/mol. The van der Waals surface area contributed by atoms with Crippen LogP contribution in [-0.2, 0) is 6.42 Å². The van der Waals surface area contributed by atoms with Gasteiger partial charge in [-0.2, -0.15) is 0 Å². The number of rotatable bonds is 18. The summed E-state index contributed by atoms with van der Waals surface area (Å²) in [4.78, 5) is 21.7. The van der Waals surface area contributed by atoms with E-state index in [9.17, 15) is 4.79 Å². The molecule has 0 bridgehead atoms. The molecule has 0 atom stereocenters. The summed E-state index contributed by atoms with van der Waals surface area (Å²) < 4.78 is 11.3. The maximum atomic E-state index is 12.6.